The van der Waals surface area contributed by atoms with Crippen molar-refractivity contribution in [2.24, 2.45) is 7.05 Å². The Bertz CT molecular complexity index is 191. The molecule has 0 aromatic carbocycles. The molecule has 0 radical (unpaired) electrons. The molecule has 0 aliphatic carbocycles. The van der Waals surface area contributed by atoms with E-state index < -0.39 is 0 Å². The van der Waals surface area contributed by atoms with Crippen molar-refractivity contribution in [1.29, 1.82) is 0 Å². The number of aromatic nitrogens is 1. The van der Waals surface area contributed by atoms with E-state index in [9.17, 15) is 0 Å². The van der Waals surface area contributed by atoms with Crippen LogP contribution >= 0.6 is 11.3 Å². The fraction of sp³-hybridized carbons (Fsp3) is 0.571. The summed E-state index contributed by atoms with van der Waals surface area (Å²) in [5.74, 6) is 0.662. The van der Waals surface area contributed by atoms with Crippen LogP contribution in [-0.4, -0.2) is 0 Å². The SMILES string of the molecule is CC(C)c1scc[n+]1C. The van der Waals surface area contributed by atoms with Gasteiger partial charge in [-0.3, -0.25) is 0 Å². The van der Waals surface area contributed by atoms with Crippen molar-refractivity contribution >= 4 is 11.3 Å². The van der Waals surface area contributed by atoms with Crippen molar-refractivity contribution in [3.63, 3.8) is 0 Å². The van der Waals surface area contributed by atoms with Gasteiger partial charge < -0.3 is 0 Å². The highest BCUT2D eigenvalue weighted by Crippen LogP contribution is 2.13. The summed E-state index contributed by atoms with van der Waals surface area (Å²) in [6, 6.07) is 0. The average Bonchev–Trinajstić information content (AvgIpc) is 2.13. The predicted molar refractivity (Wildman–Crippen MR) is 39.6 cm³/mol. The highest BCUT2D eigenvalue weighted by atomic mass is 32.1. The minimum Gasteiger partial charge on any atom is -0.195 e. The molecule has 0 N–H and O–H groups in total. The summed E-state index contributed by atoms with van der Waals surface area (Å²) in [6.45, 7) is 4.43. The van der Waals surface area contributed by atoms with Crippen LogP contribution in [0.4, 0.5) is 0 Å². The summed E-state index contributed by atoms with van der Waals surface area (Å²) in [5, 5.41) is 3.56. The molecule has 2 heteroatoms. The number of nitrogens with zero attached hydrogens (tertiary/aromatic N) is 1. The van der Waals surface area contributed by atoms with Gasteiger partial charge in [0.2, 0.25) is 5.01 Å². The minimum atomic E-state index is 0.662. The maximum absolute atomic E-state index is 2.21. The highest BCUT2D eigenvalue weighted by Gasteiger charge is 2.10. The minimum absolute atomic E-state index is 0.662. The maximum Gasteiger partial charge on any atom is 0.239 e. The molecule has 0 unspecified atom stereocenters. The Kier molecular flexibility index (Phi) is 1.86. The van der Waals surface area contributed by atoms with Gasteiger partial charge in [-0.25, -0.2) is 0 Å². The van der Waals surface area contributed by atoms with E-state index in [2.05, 4.69) is 37.0 Å². The van der Waals surface area contributed by atoms with Crippen LogP contribution in [0.25, 0.3) is 0 Å². The summed E-state index contributed by atoms with van der Waals surface area (Å²) in [7, 11) is 2.09. The molecule has 0 aliphatic rings. The number of hydrogen-bond donors (Lipinski definition) is 0. The fourth-order valence-corrected chi connectivity index (χ4v) is 1.77. The Balaban J connectivity index is 2.94. The lowest BCUT2D eigenvalue weighted by Gasteiger charge is -1.93. The molecule has 1 aromatic rings. The second-order valence-corrected chi connectivity index (χ2v) is 3.43. The lowest BCUT2D eigenvalue weighted by Crippen LogP contribution is -2.29. The van der Waals surface area contributed by atoms with E-state index in [1.165, 1.54) is 5.01 Å². The Morgan fingerprint density at radius 2 is 2.22 bits per heavy atom. The zero-order chi connectivity index (χ0) is 6.85. The molecule has 50 valence electrons. The van der Waals surface area contributed by atoms with Gasteiger partial charge in [-0.15, -0.1) is 0 Å². The van der Waals surface area contributed by atoms with Gasteiger partial charge in [0.05, 0.1) is 5.38 Å². The van der Waals surface area contributed by atoms with Crippen molar-refractivity contribution in [1.82, 2.24) is 0 Å². The summed E-state index contributed by atoms with van der Waals surface area (Å²) < 4.78 is 2.18. The molecular weight excluding hydrogens is 130 g/mol. The number of thiazole rings is 1. The van der Waals surface area contributed by atoms with E-state index in [4.69, 9.17) is 0 Å². The first-order valence-electron chi connectivity index (χ1n) is 3.15. The fourth-order valence-electron chi connectivity index (χ4n) is 0.891. The van der Waals surface area contributed by atoms with E-state index in [1.54, 1.807) is 0 Å². The van der Waals surface area contributed by atoms with Crippen molar-refractivity contribution in [2.45, 2.75) is 19.8 Å². The van der Waals surface area contributed by atoms with Gasteiger partial charge >= 0.3 is 0 Å². The van der Waals surface area contributed by atoms with Crippen molar-refractivity contribution in [2.75, 3.05) is 0 Å². The van der Waals surface area contributed by atoms with Gasteiger partial charge in [-0.2, -0.15) is 4.57 Å². The predicted octanol–water partition coefficient (Wildman–Crippen LogP) is 1.70. The molecule has 1 heterocycles. The van der Waals surface area contributed by atoms with Gasteiger partial charge in [0.1, 0.15) is 7.05 Å². The Hall–Kier alpha value is -0.370. The summed E-state index contributed by atoms with van der Waals surface area (Å²) >= 11 is 1.82. The molecule has 0 aliphatic heterocycles. The molecule has 1 aromatic heterocycles. The van der Waals surface area contributed by atoms with Crippen LogP contribution in [0.2, 0.25) is 0 Å². The first-order chi connectivity index (χ1) is 4.22. The zero-order valence-corrected chi connectivity index (χ0v) is 6.90. The number of rotatable bonds is 1. The van der Waals surface area contributed by atoms with E-state index in [1.807, 2.05) is 11.3 Å². The van der Waals surface area contributed by atoms with E-state index in [0.29, 0.717) is 5.92 Å². The van der Waals surface area contributed by atoms with Gasteiger partial charge in [-0.1, -0.05) is 25.2 Å². The smallest absolute Gasteiger partial charge is 0.195 e. The topological polar surface area (TPSA) is 3.88 Å². The molecule has 0 saturated heterocycles. The van der Waals surface area contributed by atoms with Gasteiger partial charge in [0.25, 0.3) is 0 Å². The monoisotopic (exact) mass is 142 g/mol. The third-order valence-corrected chi connectivity index (χ3v) is 2.57. The Morgan fingerprint density at radius 3 is 2.44 bits per heavy atom. The van der Waals surface area contributed by atoms with Crippen molar-refractivity contribution < 1.29 is 4.57 Å². The third kappa shape index (κ3) is 1.30. The second kappa shape index (κ2) is 2.48. The lowest BCUT2D eigenvalue weighted by molar-refractivity contribution is -0.674. The highest BCUT2D eigenvalue weighted by molar-refractivity contribution is 7.09. The molecule has 1 nitrogen and oxygen atoms in total. The first kappa shape index (κ1) is 6.75. The molecule has 0 atom stereocenters. The Labute approximate surface area is 60.0 Å². The second-order valence-electron chi connectivity index (χ2n) is 2.51. The third-order valence-electron chi connectivity index (χ3n) is 1.31. The molecule has 0 saturated carbocycles. The quantitative estimate of drug-likeness (QED) is 0.525. The van der Waals surface area contributed by atoms with Gasteiger partial charge in [0, 0.05) is 5.92 Å². The zero-order valence-electron chi connectivity index (χ0n) is 6.09. The Morgan fingerprint density at radius 1 is 1.56 bits per heavy atom. The molecule has 0 amide bonds. The van der Waals surface area contributed by atoms with Crippen LogP contribution < -0.4 is 4.57 Å². The van der Waals surface area contributed by atoms with Crippen LogP contribution in [-0.2, 0) is 7.05 Å². The molecule has 1 rings (SSSR count). The molecule has 0 fully saturated rings. The van der Waals surface area contributed by atoms with E-state index >= 15 is 0 Å². The average molecular weight is 142 g/mol. The molecule has 9 heavy (non-hydrogen) atoms. The first-order valence-corrected chi connectivity index (χ1v) is 4.03. The molecular formula is C7H12NS+. The van der Waals surface area contributed by atoms with Gasteiger partial charge in [-0.05, 0) is 0 Å². The lowest BCUT2D eigenvalue weighted by atomic mass is 10.2. The molecule has 0 spiro atoms. The largest absolute Gasteiger partial charge is 0.239 e. The van der Waals surface area contributed by atoms with Crippen LogP contribution in [0.1, 0.15) is 24.8 Å². The van der Waals surface area contributed by atoms with Gasteiger partial charge in [0.15, 0.2) is 6.20 Å². The standard InChI is InChI=1S/C7H12NS/c1-6(2)7-8(3)4-5-9-7/h4-6H,1-3H3/q+1. The van der Waals surface area contributed by atoms with Crippen LogP contribution in [0.3, 0.4) is 0 Å². The summed E-state index contributed by atoms with van der Waals surface area (Å²) in [5.41, 5.74) is 0. The maximum atomic E-state index is 2.21. The normalized spacial score (nSPS) is 10.7. The molecule has 0 bridgehead atoms. The van der Waals surface area contributed by atoms with Crippen molar-refractivity contribution in [3.05, 3.63) is 16.6 Å². The van der Waals surface area contributed by atoms with Crippen LogP contribution in [0.15, 0.2) is 11.6 Å². The van der Waals surface area contributed by atoms with E-state index in [-0.39, 0.29) is 0 Å². The summed E-state index contributed by atoms with van der Waals surface area (Å²) in [6.07, 6.45) is 2.10. The number of aryl methyl sites for hydroxylation is 1. The summed E-state index contributed by atoms with van der Waals surface area (Å²) in [4.78, 5) is 0. The van der Waals surface area contributed by atoms with E-state index in [0.717, 1.165) is 0 Å². The van der Waals surface area contributed by atoms with Crippen LogP contribution in [0, 0.1) is 0 Å². The van der Waals surface area contributed by atoms with Crippen LogP contribution in [0.5, 0.6) is 0 Å². The van der Waals surface area contributed by atoms with Crippen molar-refractivity contribution in [3.8, 4) is 0 Å². The number of hydrogen-bond acceptors (Lipinski definition) is 1.